The van der Waals surface area contributed by atoms with Crippen LogP contribution in [0.2, 0.25) is 0 Å². The van der Waals surface area contributed by atoms with Gasteiger partial charge in [0.15, 0.2) is 0 Å². The van der Waals surface area contributed by atoms with Crippen LogP contribution in [0.5, 0.6) is 5.75 Å². The fraction of sp³-hybridized carbons (Fsp3) is 0.571. The number of aryl methyl sites for hydroxylation is 1. The third-order valence-corrected chi connectivity index (χ3v) is 3.01. The smallest absolute Gasteiger partial charge is 0.123 e. The van der Waals surface area contributed by atoms with Gasteiger partial charge in [-0.15, -0.1) is 0 Å². The maximum absolute atomic E-state index is 10.3. The van der Waals surface area contributed by atoms with E-state index in [9.17, 15) is 10.2 Å². The first-order chi connectivity index (χ1) is 7.29. The monoisotopic (exact) mass is 222 g/mol. The maximum Gasteiger partial charge on any atom is 0.123 e. The van der Waals surface area contributed by atoms with Crippen molar-refractivity contribution in [3.05, 3.63) is 28.8 Å². The number of aliphatic hydroxyl groups excluding tert-OH is 1. The molecule has 0 heterocycles. The lowest BCUT2D eigenvalue weighted by atomic mass is 9.82. The summed E-state index contributed by atoms with van der Waals surface area (Å²) in [5.41, 5.74) is 2.76. The van der Waals surface area contributed by atoms with Crippen LogP contribution in [0, 0.1) is 6.92 Å². The van der Waals surface area contributed by atoms with E-state index in [1.54, 1.807) is 0 Å². The lowest BCUT2D eigenvalue weighted by Gasteiger charge is -2.24. The van der Waals surface area contributed by atoms with Gasteiger partial charge in [0.2, 0.25) is 0 Å². The Bertz CT molecular complexity index is 375. The molecule has 0 aromatic heterocycles. The Labute approximate surface area is 97.9 Å². The van der Waals surface area contributed by atoms with E-state index in [0.29, 0.717) is 5.75 Å². The van der Waals surface area contributed by atoms with Gasteiger partial charge in [0.05, 0.1) is 0 Å². The van der Waals surface area contributed by atoms with Crippen LogP contribution in [-0.4, -0.2) is 16.8 Å². The van der Waals surface area contributed by atoms with E-state index < -0.39 is 0 Å². The number of hydrogen-bond acceptors (Lipinski definition) is 2. The summed E-state index contributed by atoms with van der Waals surface area (Å²) in [7, 11) is 0. The molecule has 90 valence electrons. The summed E-state index contributed by atoms with van der Waals surface area (Å²) in [5.74, 6) is 0.316. The van der Waals surface area contributed by atoms with E-state index >= 15 is 0 Å². The van der Waals surface area contributed by atoms with E-state index in [2.05, 4.69) is 20.8 Å². The first-order valence-corrected chi connectivity index (χ1v) is 5.72. The molecule has 2 heteroatoms. The van der Waals surface area contributed by atoms with Crippen molar-refractivity contribution in [1.82, 2.24) is 0 Å². The van der Waals surface area contributed by atoms with E-state index in [1.807, 2.05) is 26.0 Å². The molecule has 0 saturated heterocycles. The van der Waals surface area contributed by atoms with Gasteiger partial charge in [0.25, 0.3) is 0 Å². The minimum absolute atomic E-state index is 0.0256. The van der Waals surface area contributed by atoms with Gasteiger partial charge in [-0.25, -0.2) is 0 Å². The molecule has 1 atom stereocenters. The molecule has 2 nitrogen and oxygen atoms in total. The lowest BCUT2D eigenvalue weighted by molar-refractivity contribution is 0.269. The van der Waals surface area contributed by atoms with Crippen LogP contribution in [0.4, 0.5) is 0 Å². The SMILES string of the molecule is Cc1ccc(C(C)(C)C)c(O)c1C(C)CO. The number of hydrogen-bond donors (Lipinski definition) is 2. The Morgan fingerprint density at radius 1 is 1.25 bits per heavy atom. The van der Waals surface area contributed by atoms with Crippen LogP contribution >= 0.6 is 0 Å². The average molecular weight is 222 g/mol. The fourth-order valence-corrected chi connectivity index (χ4v) is 2.03. The Balaban J connectivity index is 3.39. The highest BCUT2D eigenvalue weighted by molar-refractivity contribution is 5.49. The normalized spacial score (nSPS) is 13.9. The summed E-state index contributed by atoms with van der Waals surface area (Å²) in [6.45, 7) is 10.2. The molecule has 0 aliphatic rings. The number of phenols is 1. The molecule has 1 aromatic rings. The summed E-state index contributed by atoms with van der Waals surface area (Å²) in [4.78, 5) is 0. The lowest BCUT2D eigenvalue weighted by Crippen LogP contribution is -2.13. The number of aliphatic hydroxyl groups is 1. The van der Waals surface area contributed by atoms with E-state index in [4.69, 9.17) is 0 Å². The zero-order valence-electron chi connectivity index (χ0n) is 10.8. The number of aromatic hydroxyl groups is 1. The highest BCUT2D eigenvalue weighted by Gasteiger charge is 2.22. The van der Waals surface area contributed by atoms with Crippen LogP contribution in [0.25, 0.3) is 0 Å². The van der Waals surface area contributed by atoms with Crippen molar-refractivity contribution in [2.45, 2.75) is 46.0 Å². The molecule has 0 radical (unpaired) electrons. The summed E-state index contributed by atoms with van der Waals surface area (Å²) < 4.78 is 0. The second-order valence-corrected chi connectivity index (χ2v) is 5.53. The first-order valence-electron chi connectivity index (χ1n) is 5.72. The molecular formula is C14H22O2. The Morgan fingerprint density at radius 2 is 1.81 bits per heavy atom. The maximum atomic E-state index is 10.3. The molecule has 0 fully saturated rings. The molecule has 0 spiro atoms. The predicted molar refractivity (Wildman–Crippen MR) is 67.0 cm³/mol. The summed E-state index contributed by atoms with van der Waals surface area (Å²) >= 11 is 0. The Kier molecular flexibility index (Phi) is 3.64. The molecule has 1 aromatic carbocycles. The average Bonchev–Trinajstić information content (AvgIpc) is 2.15. The van der Waals surface area contributed by atoms with Crippen molar-refractivity contribution >= 4 is 0 Å². The van der Waals surface area contributed by atoms with Gasteiger partial charge in [0.1, 0.15) is 5.75 Å². The van der Waals surface area contributed by atoms with Crippen molar-refractivity contribution in [3.8, 4) is 5.75 Å². The van der Waals surface area contributed by atoms with Crippen molar-refractivity contribution in [2.75, 3.05) is 6.61 Å². The molecule has 0 aliphatic carbocycles. The highest BCUT2D eigenvalue weighted by atomic mass is 16.3. The fourth-order valence-electron chi connectivity index (χ4n) is 2.03. The van der Waals surface area contributed by atoms with E-state index in [0.717, 1.165) is 16.7 Å². The topological polar surface area (TPSA) is 40.5 Å². The zero-order chi connectivity index (χ0) is 12.5. The Morgan fingerprint density at radius 3 is 2.25 bits per heavy atom. The molecular weight excluding hydrogens is 200 g/mol. The summed E-state index contributed by atoms with van der Waals surface area (Å²) in [5, 5.41) is 19.5. The zero-order valence-corrected chi connectivity index (χ0v) is 10.8. The minimum Gasteiger partial charge on any atom is -0.507 e. The van der Waals surface area contributed by atoms with Gasteiger partial charge in [-0.05, 0) is 23.5 Å². The van der Waals surface area contributed by atoms with Gasteiger partial charge in [-0.3, -0.25) is 0 Å². The van der Waals surface area contributed by atoms with Gasteiger partial charge in [0, 0.05) is 18.1 Å². The number of phenolic OH excluding ortho intramolecular Hbond substituents is 1. The van der Waals surface area contributed by atoms with Crippen molar-refractivity contribution in [2.24, 2.45) is 0 Å². The number of rotatable bonds is 2. The molecule has 1 unspecified atom stereocenters. The highest BCUT2D eigenvalue weighted by Crippen LogP contribution is 2.38. The molecule has 16 heavy (non-hydrogen) atoms. The molecule has 0 bridgehead atoms. The van der Waals surface area contributed by atoms with Crippen LogP contribution in [0.15, 0.2) is 12.1 Å². The third kappa shape index (κ3) is 2.38. The van der Waals surface area contributed by atoms with Crippen LogP contribution < -0.4 is 0 Å². The second kappa shape index (κ2) is 4.46. The summed E-state index contributed by atoms with van der Waals surface area (Å²) in [6, 6.07) is 3.99. The largest absolute Gasteiger partial charge is 0.507 e. The van der Waals surface area contributed by atoms with Crippen LogP contribution in [0.1, 0.15) is 50.3 Å². The molecule has 2 N–H and O–H groups in total. The van der Waals surface area contributed by atoms with Crippen LogP contribution in [-0.2, 0) is 5.41 Å². The second-order valence-electron chi connectivity index (χ2n) is 5.53. The van der Waals surface area contributed by atoms with Crippen molar-refractivity contribution in [1.29, 1.82) is 0 Å². The van der Waals surface area contributed by atoms with Gasteiger partial charge < -0.3 is 10.2 Å². The third-order valence-electron chi connectivity index (χ3n) is 3.01. The van der Waals surface area contributed by atoms with Gasteiger partial charge in [-0.2, -0.15) is 0 Å². The summed E-state index contributed by atoms with van der Waals surface area (Å²) in [6.07, 6.45) is 0. The minimum atomic E-state index is -0.0816. The van der Waals surface area contributed by atoms with Crippen molar-refractivity contribution < 1.29 is 10.2 Å². The first kappa shape index (κ1) is 13.0. The van der Waals surface area contributed by atoms with Gasteiger partial charge in [-0.1, -0.05) is 39.8 Å². The molecule has 0 amide bonds. The molecule has 0 aliphatic heterocycles. The Hall–Kier alpha value is -1.02. The standard InChI is InChI=1S/C14H22O2/c1-9-6-7-11(14(3,4)5)13(16)12(9)10(2)8-15/h6-7,10,15-16H,8H2,1-5H3. The number of benzene rings is 1. The van der Waals surface area contributed by atoms with E-state index in [1.165, 1.54) is 0 Å². The quantitative estimate of drug-likeness (QED) is 0.807. The van der Waals surface area contributed by atoms with Gasteiger partial charge >= 0.3 is 0 Å². The van der Waals surface area contributed by atoms with Crippen molar-refractivity contribution in [3.63, 3.8) is 0 Å². The molecule has 0 saturated carbocycles. The van der Waals surface area contributed by atoms with Crippen LogP contribution in [0.3, 0.4) is 0 Å². The van der Waals surface area contributed by atoms with E-state index in [-0.39, 0.29) is 17.9 Å². The predicted octanol–water partition coefficient (Wildman–Crippen LogP) is 3.09. The molecule has 1 rings (SSSR count).